The summed E-state index contributed by atoms with van der Waals surface area (Å²) in [7, 11) is -3.97. The fourth-order valence-corrected chi connectivity index (χ4v) is 3.15. The van der Waals surface area contributed by atoms with E-state index in [9.17, 15) is 23.6 Å². The van der Waals surface area contributed by atoms with Crippen LogP contribution in [0.5, 0.6) is 0 Å². The van der Waals surface area contributed by atoms with Crippen LogP contribution in [0.25, 0.3) is 0 Å². The minimum atomic E-state index is -3.97. The Morgan fingerprint density at radius 3 is 2.43 bits per heavy atom. The van der Waals surface area contributed by atoms with Gasteiger partial charge >= 0.3 is 0 Å². The van der Waals surface area contributed by atoms with Crippen molar-refractivity contribution < 1.29 is 18.4 Å². The minimum absolute atomic E-state index is 0.226. The SMILES string of the molecule is CC(O)(CNS(=O)(=O)c1cccc([N+](=O)[O-])c1)c1ccccc1. The number of nitro benzene ring substituents is 1. The average Bonchev–Trinajstić information content (AvgIpc) is 2.54. The van der Waals surface area contributed by atoms with Crippen LogP contribution in [-0.4, -0.2) is 25.0 Å². The van der Waals surface area contributed by atoms with Gasteiger partial charge < -0.3 is 5.11 Å². The second kappa shape index (κ2) is 6.45. The van der Waals surface area contributed by atoms with Gasteiger partial charge in [0.15, 0.2) is 0 Å². The Morgan fingerprint density at radius 1 is 1.17 bits per heavy atom. The molecule has 0 saturated heterocycles. The molecule has 0 aromatic heterocycles. The van der Waals surface area contributed by atoms with Gasteiger partial charge in [0.2, 0.25) is 10.0 Å². The van der Waals surface area contributed by atoms with Gasteiger partial charge in [-0.15, -0.1) is 0 Å². The molecule has 2 rings (SSSR count). The first kappa shape index (κ1) is 17.1. The lowest BCUT2D eigenvalue weighted by Crippen LogP contribution is -2.38. The molecule has 0 radical (unpaired) electrons. The molecule has 7 nitrogen and oxygen atoms in total. The van der Waals surface area contributed by atoms with E-state index in [1.807, 2.05) is 0 Å². The number of rotatable bonds is 6. The van der Waals surface area contributed by atoms with Gasteiger partial charge in [0.25, 0.3) is 5.69 Å². The van der Waals surface area contributed by atoms with Gasteiger partial charge in [-0.3, -0.25) is 10.1 Å². The molecule has 0 aliphatic carbocycles. The molecule has 122 valence electrons. The summed E-state index contributed by atoms with van der Waals surface area (Å²) < 4.78 is 26.8. The standard InChI is InChI=1S/C15H16N2O5S/c1-15(18,12-6-3-2-4-7-12)11-16-23(21,22)14-9-5-8-13(10-14)17(19)20/h2-10,16,18H,11H2,1H3. The third-order valence-electron chi connectivity index (χ3n) is 3.34. The van der Waals surface area contributed by atoms with Crippen molar-refractivity contribution in [1.29, 1.82) is 0 Å². The zero-order valence-electron chi connectivity index (χ0n) is 12.3. The number of sulfonamides is 1. The molecule has 0 amide bonds. The van der Waals surface area contributed by atoms with Gasteiger partial charge in [0, 0.05) is 18.7 Å². The molecule has 0 aliphatic rings. The summed E-state index contributed by atoms with van der Waals surface area (Å²) in [6, 6.07) is 13.3. The molecule has 0 fully saturated rings. The van der Waals surface area contributed by atoms with E-state index in [1.165, 1.54) is 25.1 Å². The Bertz CT molecular complexity index is 804. The summed E-state index contributed by atoms with van der Waals surface area (Å²) in [4.78, 5) is 9.84. The molecule has 0 bridgehead atoms. The number of nitrogens with one attached hydrogen (secondary N) is 1. The lowest BCUT2D eigenvalue weighted by molar-refractivity contribution is -0.385. The molecule has 23 heavy (non-hydrogen) atoms. The van der Waals surface area contributed by atoms with Gasteiger partial charge in [-0.2, -0.15) is 0 Å². The molecular weight excluding hydrogens is 320 g/mol. The number of aliphatic hydroxyl groups is 1. The van der Waals surface area contributed by atoms with Gasteiger partial charge in [-0.05, 0) is 18.6 Å². The Labute approximate surface area is 133 Å². The topological polar surface area (TPSA) is 110 Å². The Morgan fingerprint density at radius 2 is 1.83 bits per heavy atom. The lowest BCUT2D eigenvalue weighted by atomic mass is 9.97. The van der Waals surface area contributed by atoms with Crippen molar-refractivity contribution >= 4 is 15.7 Å². The van der Waals surface area contributed by atoms with Crippen LogP contribution in [0.4, 0.5) is 5.69 Å². The number of hydrogen-bond acceptors (Lipinski definition) is 5. The number of nitrogens with zero attached hydrogens (tertiary/aromatic N) is 1. The van der Waals surface area contributed by atoms with Crippen LogP contribution in [0.1, 0.15) is 12.5 Å². The van der Waals surface area contributed by atoms with E-state index in [1.54, 1.807) is 30.3 Å². The van der Waals surface area contributed by atoms with Gasteiger partial charge in [-0.25, -0.2) is 13.1 Å². The normalized spacial score (nSPS) is 14.2. The maximum Gasteiger partial charge on any atom is 0.270 e. The van der Waals surface area contributed by atoms with Crippen molar-refractivity contribution in [3.05, 3.63) is 70.3 Å². The van der Waals surface area contributed by atoms with E-state index in [0.29, 0.717) is 5.56 Å². The molecule has 2 aromatic rings. The van der Waals surface area contributed by atoms with Crippen LogP contribution in [-0.2, 0) is 15.6 Å². The molecule has 0 spiro atoms. The number of non-ortho nitro benzene ring substituents is 1. The van der Waals surface area contributed by atoms with Gasteiger partial charge in [0.1, 0.15) is 5.60 Å². The summed E-state index contributed by atoms with van der Waals surface area (Å²) >= 11 is 0. The predicted octanol–water partition coefficient (Wildman–Crippen LogP) is 1.78. The van der Waals surface area contributed by atoms with E-state index in [-0.39, 0.29) is 17.1 Å². The van der Waals surface area contributed by atoms with E-state index in [0.717, 1.165) is 6.07 Å². The van der Waals surface area contributed by atoms with Crippen molar-refractivity contribution in [2.45, 2.75) is 17.4 Å². The predicted molar refractivity (Wildman–Crippen MR) is 84.3 cm³/mol. The second-order valence-corrected chi connectivity index (χ2v) is 6.99. The van der Waals surface area contributed by atoms with E-state index in [2.05, 4.69) is 4.72 Å². The van der Waals surface area contributed by atoms with E-state index in [4.69, 9.17) is 0 Å². The molecule has 2 N–H and O–H groups in total. The van der Waals surface area contributed by atoms with Crippen LogP contribution in [0.15, 0.2) is 59.5 Å². The molecule has 1 unspecified atom stereocenters. The first-order valence-corrected chi connectivity index (χ1v) is 8.23. The van der Waals surface area contributed by atoms with Crippen molar-refractivity contribution in [3.8, 4) is 0 Å². The molecule has 0 heterocycles. The highest BCUT2D eigenvalue weighted by atomic mass is 32.2. The number of hydrogen-bond donors (Lipinski definition) is 2. The van der Waals surface area contributed by atoms with E-state index < -0.39 is 20.5 Å². The first-order chi connectivity index (χ1) is 10.7. The quantitative estimate of drug-likeness (QED) is 0.617. The van der Waals surface area contributed by atoms with Crippen molar-refractivity contribution in [2.24, 2.45) is 0 Å². The maximum absolute atomic E-state index is 12.2. The zero-order chi connectivity index (χ0) is 17.1. The van der Waals surface area contributed by atoms with Crippen molar-refractivity contribution in [2.75, 3.05) is 6.54 Å². The third-order valence-corrected chi connectivity index (χ3v) is 4.74. The first-order valence-electron chi connectivity index (χ1n) is 6.74. The second-order valence-electron chi connectivity index (χ2n) is 5.22. The molecule has 0 saturated carbocycles. The largest absolute Gasteiger partial charge is 0.384 e. The summed E-state index contributed by atoms with van der Waals surface area (Å²) in [6.45, 7) is 1.22. The van der Waals surface area contributed by atoms with Gasteiger partial charge in [-0.1, -0.05) is 36.4 Å². The number of nitro groups is 1. The highest BCUT2D eigenvalue weighted by Gasteiger charge is 2.26. The Hall–Kier alpha value is -2.29. The van der Waals surface area contributed by atoms with E-state index >= 15 is 0 Å². The highest BCUT2D eigenvalue weighted by Crippen LogP contribution is 2.21. The molecular formula is C15H16N2O5S. The number of benzene rings is 2. The fourth-order valence-electron chi connectivity index (χ4n) is 1.98. The lowest BCUT2D eigenvalue weighted by Gasteiger charge is -2.24. The van der Waals surface area contributed by atoms with Crippen LogP contribution in [0.2, 0.25) is 0 Å². The Balaban J connectivity index is 2.19. The third kappa shape index (κ3) is 4.13. The molecule has 1 atom stereocenters. The summed E-state index contributed by atoms with van der Waals surface area (Å²) in [5.74, 6) is 0. The zero-order valence-corrected chi connectivity index (χ0v) is 13.2. The molecule has 2 aromatic carbocycles. The van der Waals surface area contributed by atoms with Crippen LogP contribution < -0.4 is 4.72 Å². The van der Waals surface area contributed by atoms with Crippen LogP contribution in [0, 0.1) is 10.1 Å². The monoisotopic (exact) mass is 336 g/mol. The summed E-state index contributed by atoms with van der Waals surface area (Å²) in [5, 5.41) is 21.1. The smallest absolute Gasteiger partial charge is 0.270 e. The fraction of sp³-hybridized carbons (Fsp3) is 0.200. The highest BCUT2D eigenvalue weighted by molar-refractivity contribution is 7.89. The van der Waals surface area contributed by atoms with Crippen molar-refractivity contribution in [3.63, 3.8) is 0 Å². The van der Waals surface area contributed by atoms with Crippen LogP contribution in [0.3, 0.4) is 0 Å². The van der Waals surface area contributed by atoms with Gasteiger partial charge in [0.05, 0.1) is 9.82 Å². The van der Waals surface area contributed by atoms with Crippen molar-refractivity contribution in [1.82, 2.24) is 4.72 Å². The average molecular weight is 336 g/mol. The summed E-state index contributed by atoms with van der Waals surface area (Å²) in [5.41, 5.74) is -1.17. The molecule has 8 heteroatoms. The molecule has 0 aliphatic heterocycles. The maximum atomic E-state index is 12.2. The minimum Gasteiger partial charge on any atom is -0.384 e. The Kier molecular flexibility index (Phi) is 4.79. The van der Waals surface area contributed by atoms with Crippen LogP contribution >= 0.6 is 0 Å². The summed E-state index contributed by atoms with van der Waals surface area (Å²) in [6.07, 6.45) is 0.